The highest BCUT2D eigenvalue weighted by atomic mass is 19.1. The molecule has 0 N–H and O–H groups in total. The maximum absolute atomic E-state index is 13.6. The summed E-state index contributed by atoms with van der Waals surface area (Å²) >= 11 is 0. The lowest BCUT2D eigenvalue weighted by Crippen LogP contribution is -2.16. The van der Waals surface area contributed by atoms with Crippen LogP contribution in [0.25, 0.3) is 0 Å². The number of hydrogen-bond donors (Lipinski definition) is 0. The number of esters is 1. The molecule has 0 aliphatic carbocycles. The summed E-state index contributed by atoms with van der Waals surface area (Å²) in [5, 5.41) is 0. The fourth-order valence-corrected chi connectivity index (χ4v) is 1.88. The van der Waals surface area contributed by atoms with E-state index in [2.05, 4.69) is 0 Å². The Bertz CT molecular complexity index is 416. The molecule has 0 radical (unpaired) electrons. The fourth-order valence-electron chi connectivity index (χ4n) is 1.88. The summed E-state index contributed by atoms with van der Waals surface area (Å²) in [7, 11) is 2.75. The van der Waals surface area contributed by atoms with Crippen molar-refractivity contribution in [1.29, 1.82) is 0 Å². The first-order chi connectivity index (χ1) is 8.49. The van der Waals surface area contributed by atoms with Crippen molar-refractivity contribution in [1.82, 2.24) is 0 Å². The molecule has 1 rings (SSSR count). The Hall–Kier alpha value is -1.58. The molecular weight excluding hydrogens is 235 g/mol. The topological polar surface area (TPSA) is 35.5 Å². The molecule has 18 heavy (non-hydrogen) atoms. The van der Waals surface area contributed by atoms with Gasteiger partial charge < -0.3 is 9.47 Å². The van der Waals surface area contributed by atoms with E-state index in [0.717, 1.165) is 0 Å². The fraction of sp³-hybridized carbons (Fsp3) is 0.500. The zero-order chi connectivity index (χ0) is 13.7. The Morgan fingerprint density at radius 2 is 2.00 bits per heavy atom. The van der Waals surface area contributed by atoms with Crippen LogP contribution in [-0.4, -0.2) is 20.2 Å². The molecule has 1 unspecified atom stereocenters. The second-order valence-corrected chi connectivity index (χ2v) is 4.60. The molecule has 1 aromatic carbocycles. The Kier molecular flexibility index (Phi) is 5.13. The number of ether oxygens (including phenoxy) is 2. The van der Waals surface area contributed by atoms with Gasteiger partial charge in [-0.15, -0.1) is 0 Å². The van der Waals surface area contributed by atoms with Crippen LogP contribution in [0.1, 0.15) is 31.7 Å². The van der Waals surface area contributed by atoms with Crippen LogP contribution in [0.4, 0.5) is 4.39 Å². The van der Waals surface area contributed by atoms with Gasteiger partial charge in [0.25, 0.3) is 0 Å². The lowest BCUT2D eigenvalue weighted by atomic mass is 9.90. The predicted octanol–water partition coefficient (Wildman–Crippen LogP) is 3.14. The summed E-state index contributed by atoms with van der Waals surface area (Å²) in [6.45, 7) is 4.02. The first-order valence-corrected chi connectivity index (χ1v) is 5.90. The Morgan fingerprint density at radius 1 is 1.33 bits per heavy atom. The van der Waals surface area contributed by atoms with E-state index >= 15 is 0 Å². The van der Waals surface area contributed by atoms with Gasteiger partial charge in [-0.25, -0.2) is 4.39 Å². The van der Waals surface area contributed by atoms with Crippen molar-refractivity contribution < 1.29 is 18.7 Å². The molecule has 1 aromatic rings. The first-order valence-electron chi connectivity index (χ1n) is 5.90. The minimum atomic E-state index is -0.465. The monoisotopic (exact) mass is 254 g/mol. The van der Waals surface area contributed by atoms with Crippen LogP contribution in [0, 0.1) is 11.7 Å². The van der Waals surface area contributed by atoms with Gasteiger partial charge in [0, 0.05) is 0 Å². The van der Waals surface area contributed by atoms with Crippen LogP contribution < -0.4 is 4.74 Å². The Morgan fingerprint density at radius 3 is 2.44 bits per heavy atom. The zero-order valence-corrected chi connectivity index (χ0v) is 11.2. The number of methoxy groups -OCH3 is 2. The van der Waals surface area contributed by atoms with Crippen molar-refractivity contribution in [3.8, 4) is 5.75 Å². The van der Waals surface area contributed by atoms with Gasteiger partial charge in [0.1, 0.15) is 0 Å². The third-order valence-corrected chi connectivity index (χ3v) is 2.77. The van der Waals surface area contributed by atoms with E-state index in [4.69, 9.17) is 9.47 Å². The second kappa shape index (κ2) is 6.38. The van der Waals surface area contributed by atoms with E-state index in [-0.39, 0.29) is 11.7 Å². The third kappa shape index (κ3) is 3.45. The van der Waals surface area contributed by atoms with Crippen LogP contribution in [0.3, 0.4) is 0 Å². The smallest absolute Gasteiger partial charge is 0.313 e. The number of carbonyl (C=O) groups is 1. The minimum Gasteiger partial charge on any atom is -0.494 e. The molecule has 0 saturated carbocycles. The molecule has 3 nitrogen and oxygen atoms in total. The zero-order valence-electron chi connectivity index (χ0n) is 11.2. The van der Waals surface area contributed by atoms with Crippen LogP contribution >= 0.6 is 0 Å². The van der Waals surface area contributed by atoms with E-state index in [1.165, 1.54) is 26.4 Å². The highest BCUT2D eigenvalue weighted by molar-refractivity contribution is 5.78. The maximum atomic E-state index is 13.6. The summed E-state index contributed by atoms with van der Waals surface area (Å²) in [5.74, 6) is -0.748. The minimum absolute atomic E-state index is 0.173. The number of hydrogen-bond acceptors (Lipinski definition) is 3. The van der Waals surface area contributed by atoms with Gasteiger partial charge in [-0.3, -0.25) is 4.79 Å². The molecule has 0 aliphatic rings. The molecule has 0 amide bonds. The van der Waals surface area contributed by atoms with Crippen molar-refractivity contribution in [2.45, 2.75) is 26.2 Å². The molecular formula is C14H19FO3. The summed E-state index contributed by atoms with van der Waals surface area (Å²) in [6.07, 6.45) is 0.623. The normalized spacial score (nSPS) is 12.3. The third-order valence-electron chi connectivity index (χ3n) is 2.77. The number of carbonyl (C=O) groups excluding carboxylic acids is 1. The second-order valence-electron chi connectivity index (χ2n) is 4.60. The van der Waals surface area contributed by atoms with E-state index < -0.39 is 11.7 Å². The summed E-state index contributed by atoms with van der Waals surface area (Å²) in [4.78, 5) is 11.7. The van der Waals surface area contributed by atoms with Crippen molar-refractivity contribution in [3.63, 3.8) is 0 Å². The van der Waals surface area contributed by atoms with E-state index in [0.29, 0.717) is 17.9 Å². The van der Waals surface area contributed by atoms with E-state index in [1.807, 2.05) is 13.8 Å². The van der Waals surface area contributed by atoms with Crippen LogP contribution in [0.2, 0.25) is 0 Å². The molecule has 0 spiro atoms. The molecule has 0 aliphatic heterocycles. The lowest BCUT2D eigenvalue weighted by molar-refractivity contribution is -0.142. The average molecular weight is 254 g/mol. The lowest BCUT2D eigenvalue weighted by Gasteiger charge is -2.17. The molecule has 0 aromatic heterocycles. The van der Waals surface area contributed by atoms with Crippen molar-refractivity contribution >= 4 is 5.97 Å². The molecule has 1 atom stereocenters. The number of benzene rings is 1. The van der Waals surface area contributed by atoms with Crippen LogP contribution in [-0.2, 0) is 9.53 Å². The largest absolute Gasteiger partial charge is 0.494 e. The SMILES string of the molecule is COC(=O)C(CC(C)C)c1ccc(OC)c(F)c1. The van der Waals surface area contributed by atoms with Gasteiger partial charge in [0.05, 0.1) is 20.1 Å². The summed E-state index contributed by atoms with van der Waals surface area (Å²) < 4.78 is 23.3. The van der Waals surface area contributed by atoms with Crippen LogP contribution in [0.15, 0.2) is 18.2 Å². The Labute approximate surface area is 107 Å². The van der Waals surface area contributed by atoms with Gasteiger partial charge in [0.2, 0.25) is 0 Å². The van der Waals surface area contributed by atoms with Gasteiger partial charge in [0.15, 0.2) is 11.6 Å². The predicted molar refractivity (Wildman–Crippen MR) is 67.2 cm³/mol. The molecule has 0 saturated heterocycles. The molecule has 4 heteroatoms. The number of rotatable bonds is 5. The molecule has 0 fully saturated rings. The van der Waals surface area contributed by atoms with Crippen LogP contribution in [0.5, 0.6) is 5.75 Å². The molecule has 0 heterocycles. The average Bonchev–Trinajstić information content (AvgIpc) is 2.34. The highest BCUT2D eigenvalue weighted by Crippen LogP contribution is 2.28. The molecule has 100 valence electrons. The Balaban J connectivity index is 3.05. The maximum Gasteiger partial charge on any atom is 0.313 e. The van der Waals surface area contributed by atoms with Gasteiger partial charge in [-0.2, -0.15) is 0 Å². The highest BCUT2D eigenvalue weighted by Gasteiger charge is 2.23. The van der Waals surface area contributed by atoms with Crippen molar-refractivity contribution in [2.75, 3.05) is 14.2 Å². The van der Waals surface area contributed by atoms with Gasteiger partial charge in [-0.05, 0) is 30.0 Å². The summed E-state index contributed by atoms with van der Waals surface area (Å²) in [6, 6.07) is 4.57. The standard InChI is InChI=1S/C14H19FO3/c1-9(2)7-11(14(16)18-4)10-5-6-13(17-3)12(15)8-10/h5-6,8-9,11H,7H2,1-4H3. The molecule has 0 bridgehead atoms. The van der Waals surface area contributed by atoms with Gasteiger partial charge in [-0.1, -0.05) is 19.9 Å². The quantitative estimate of drug-likeness (QED) is 0.757. The van der Waals surface area contributed by atoms with E-state index in [1.54, 1.807) is 6.07 Å². The van der Waals surface area contributed by atoms with Crippen molar-refractivity contribution in [2.24, 2.45) is 5.92 Å². The van der Waals surface area contributed by atoms with Crippen molar-refractivity contribution in [3.05, 3.63) is 29.6 Å². The summed E-state index contributed by atoms with van der Waals surface area (Å²) in [5.41, 5.74) is 0.619. The number of halogens is 1. The first kappa shape index (κ1) is 14.5. The van der Waals surface area contributed by atoms with Gasteiger partial charge >= 0.3 is 5.97 Å². The van der Waals surface area contributed by atoms with E-state index in [9.17, 15) is 9.18 Å².